The van der Waals surface area contributed by atoms with Crippen LogP contribution >= 0.6 is 0 Å². The summed E-state index contributed by atoms with van der Waals surface area (Å²) in [7, 11) is -3.63. The SMILES string of the molecule is CCNS(=O)(=O)c1ccc(C(=O)OC(C)C(=O)NC(=O)NC2CCCCC2)cc1. The van der Waals surface area contributed by atoms with Crippen molar-refractivity contribution < 1.29 is 27.5 Å². The molecule has 0 heterocycles. The van der Waals surface area contributed by atoms with Gasteiger partial charge in [0.15, 0.2) is 6.10 Å². The zero-order valence-corrected chi connectivity index (χ0v) is 17.4. The molecule has 1 fully saturated rings. The van der Waals surface area contributed by atoms with Gasteiger partial charge >= 0.3 is 12.0 Å². The number of imide groups is 1. The summed E-state index contributed by atoms with van der Waals surface area (Å²) in [6.45, 7) is 3.25. The van der Waals surface area contributed by atoms with Crippen molar-refractivity contribution in [1.29, 1.82) is 0 Å². The Morgan fingerprint density at radius 3 is 2.31 bits per heavy atom. The van der Waals surface area contributed by atoms with Crippen molar-refractivity contribution in [1.82, 2.24) is 15.4 Å². The normalized spacial score (nSPS) is 15.9. The number of benzene rings is 1. The fraction of sp³-hybridized carbons (Fsp3) is 0.526. The summed E-state index contributed by atoms with van der Waals surface area (Å²) in [5.74, 6) is -1.54. The third-order valence-corrected chi connectivity index (χ3v) is 6.13. The van der Waals surface area contributed by atoms with E-state index in [2.05, 4.69) is 15.4 Å². The van der Waals surface area contributed by atoms with Gasteiger partial charge in [0.1, 0.15) is 0 Å². The molecule has 1 aromatic rings. The molecule has 3 N–H and O–H groups in total. The van der Waals surface area contributed by atoms with E-state index < -0.39 is 34.0 Å². The number of sulfonamides is 1. The lowest BCUT2D eigenvalue weighted by atomic mass is 9.96. The molecule has 1 atom stereocenters. The number of esters is 1. The highest BCUT2D eigenvalue weighted by atomic mass is 32.2. The highest BCUT2D eigenvalue weighted by Crippen LogP contribution is 2.17. The number of amides is 3. The summed E-state index contributed by atoms with van der Waals surface area (Å²) in [6.07, 6.45) is 3.80. The second-order valence-electron chi connectivity index (χ2n) is 6.87. The fourth-order valence-corrected chi connectivity index (χ4v) is 4.05. The summed E-state index contributed by atoms with van der Waals surface area (Å²) in [5, 5.41) is 4.92. The van der Waals surface area contributed by atoms with E-state index >= 15 is 0 Å². The number of carbonyl (C=O) groups is 3. The second-order valence-corrected chi connectivity index (χ2v) is 8.64. The maximum atomic E-state index is 12.2. The maximum Gasteiger partial charge on any atom is 0.338 e. The van der Waals surface area contributed by atoms with Gasteiger partial charge in [0, 0.05) is 12.6 Å². The Bertz CT molecular complexity index is 832. The van der Waals surface area contributed by atoms with Crippen LogP contribution in [0.5, 0.6) is 0 Å². The van der Waals surface area contributed by atoms with Crippen LogP contribution in [0.2, 0.25) is 0 Å². The zero-order valence-electron chi connectivity index (χ0n) is 16.6. The summed E-state index contributed by atoms with van der Waals surface area (Å²) in [4.78, 5) is 36.2. The Hall–Kier alpha value is -2.46. The van der Waals surface area contributed by atoms with Crippen LogP contribution in [-0.2, 0) is 19.6 Å². The Kier molecular flexibility index (Phi) is 8.15. The first-order chi connectivity index (χ1) is 13.7. The monoisotopic (exact) mass is 425 g/mol. The summed E-state index contributed by atoms with van der Waals surface area (Å²) in [5.41, 5.74) is 0.0896. The lowest BCUT2D eigenvalue weighted by molar-refractivity contribution is -0.127. The van der Waals surface area contributed by atoms with E-state index in [0.29, 0.717) is 0 Å². The Labute approximate surface area is 170 Å². The highest BCUT2D eigenvalue weighted by Gasteiger charge is 2.23. The molecule has 1 aromatic carbocycles. The number of nitrogens with one attached hydrogen (secondary N) is 3. The van der Waals surface area contributed by atoms with Gasteiger partial charge in [0.25, 0.3) is 5.91 Å². The Balaban J connectivity index is 1.87. The topological polar surface area (TPSA) is 131 Å². The van der Waals surface area contributed by atoms with Gasteiger partial charge in [-0.15, -0.1) is 0 Å². The van der Waals surface area contributed by atoms with Gasteiger partial charge in [0.2, 0.25) is 10.0 Å². The van der Waals surface area contributed by atoms with Crippen LogP contribution in [0.3, 0.4) is 0 Å². The number of hydrogen-bond acceptors (Lipinski definition) is 6. The minimum Gasteiger partial charge on any atom is -0.449 e. The second kappa shape index (κ2) is 10.4. The van der Waals surface area contributed by atoms with Gasteiger partial charge in [-0.2, -0.15) is 0 Å². The molecule has 0 aliphatic heterocycles. The summed E-state index contributed by atoms with van der Waals surface area (Å²) >= 11 is 0. The molecule has 3 amide bonds. The number of ether oxygens (including phenoxy) is 1. The average Bonchev–Trinajstić information content (AvgIpc) is 2.68. The van der Waals surface area contributed by atoms with E-state index in [9.17, 15) is 22.8 Å². The molecule has 160 valence electrons. The zero-order chi connectivity index (χ0) is 21.4. The largest absolute Gasteiger partial charge is 0.449 e. The van der Waals surface area contributed by atoms with Crippen molar-refractivity contribution in [3.8, 4) is 0 Å². The molecular weight excluding hydrogens is 398 g/mol. The molecule has 1 unspecified atom stereocenters. The molecule has 0 spiro atoms. The molecule has 29 heavy (non-hydrogen) atoms. The van der Waals surface area contributed by atoms with E-state index in [1.165, 1.54) is 31.2 Å². The van der Waals surface area contributed by atoms with Gasteiger partial charge in [-0.05, 0) is 44.0 Å². The summed E-state index contributed by atoms with van der Waals surface area (Å²) in [6, 6.07) is 4.59. The van der Waals surface area contributed by atoms with E-state index in [0.717, 1.165) is 32.1 Å². The first kappa shape index (κ1) is 22.8. The molecule has 1 saturated carbocycles. The van der Waals surface area contributed by atoms with Crippen molar-refractivity contribution in [3.05, 3.63) is 29.8 Å². The van der Waals surface area contributed by atoms with Crippen molar-refractivity contribution >= 4 is 27.9 Å². The molecule has 10 heteroatoms. The summed E-state index contributed by atoms with van der Waals surface area (Å²) < 4.78 is 31.2. The number of carbonyl (C=O) groups excluding carboxylic acids is 3. The van der Waals surface area contributed by atoms with Gasteiger partial charge in [-0.25, -0.2) is 22.7 Å². The fourth-order valence-electron chi connectivity index (χ4n) is 3.01. The van der Waals surface area contributed by atoms with Gasteiger partial charge in [-0.3, -0.25) is 10.1 Å². The van der Waals surface area contributed by atoms with Crippen molar-refractivity contribution in [3.63, 3.8) is 0 Å². The van der Waals surface area contributed by atoms with Crippen LogP contribution in [0.15, 0.2) is 29.2 Å². The molecular formula is C19H27N3O6S. The minimum atomic E-state index is -3.63. The van der Waals surface area contributed by atoms with E-state index in [-0.39, 0.29) is 23.0 Å². The quantitative estimate of drug-likeness (QED) is 0.570. The molecule has 1 aliphatic rings. The molecule has 0 bridgehead atoms. The van der Waals surface area contributed by atoms with E-state index in [1.807, 2.05) is 0 Å². The first-order valence-electron chi connectivity index (χ1n) is 9.65. The van der Waals surface area contributed by atoms with Gasteiger partial charge < -0.3 is 10.1 Å². The van der Waals surface area contributed by atoms with Crippen molar-refractivity contribution in [2.45, 2.75) is 63.0 Å². The third-order valence-electron chi connectivity index (χ3n) is 4.56. The predicted molar refractivity (Wildman–Crippen MR) is 106 cm³/mol. The van der Waals surface area contributed by atoms with E-state index in [4.69, 9.17) is 4.74 Å². The molecule has 9 nitrogen and oxygen atoms in total. The van der Waals surface area contributed by atoms with Crippen LogP contribution in [0.1, 0.15) is 56.3 Å². The first-order valence-corrected chi connectivity index (χ1v) is 11.1. The standard InChI is InChI=1S/C19H27N3O6S/c1-3-20-29(26,27)16-11-9-14(10-12-16)18(24)28-13(2)17(23)22-19(25)21-15-7-5-4-6-8-15/h9-13,15,20H,3-8H2,1-2H3,(H2,21,22,23,25). The lowest BCUT2D eigenvalue weighted by Gasteiger charge is -2.23. The number of hydrogen-bond donors (Lipinski definition) is 3. The average molecular weight is 426 g/mol. The molecule has 0 aromatic heterocycles. The minimum absolute atomic E-state index is 0.0149. The number of urea groups is 1. The number of rotatable bonds is 7. The van der Waals surface area contributed by atoms with Crippen LogP contribution < -0.4 is 15.4 Å². The van der Waals surface area contributed by atoms with Gasteiger partial charge in [-0.1, -0.05) is 26.2 Å². The Morgan fingerprint density at radius 1 is 1.10 bits per heavy atom. The highest BCUT2D eigenvalue weighted by molar-refractivity contribution is 7.89. The van der Waals surface area contributed by atoms with Crippen LogP contribution in [0, 0.1) is 0 Å². The molecule has 1 aliphatic carbocycles. The maximum absolute atomic E-state index is 12.2. The van der Waals surface area contributed by atoms with Gasteiger partial charge in [0.05, 0.1) is 10.5 Å². The lowest BCUT2D eigenvalue weighted by Crippen LogP contribution is -2.48. The van der Waals surface area contributed by atoms with Crippen molar-refractivity contribution in [2.75, 3.05) is 6.54 Å². The van der Waals surface area contributed by atoms with Crippen molar-refractivity contribution in [2.24, 2.45) is 0 Å². The predicted octanol–water partition coefficient (Wildman–Crippen LogP) is 1.69. The smallest absolute Gasteiger partial charge is 0.338 e. The van der Waals surface area contributed by atoms with E-state index in [1.54, 1.807) is 6.92 Å². The molecule has 2 rings (SSSR count). The molecule has 0 saturated heterocycles. The Morgan fingerprint density at radius 2 is 1.72 bits per heavy atom. The van der Waals surface area contributed by atoms with Crippen LogP contribution in [-0.4, -0.2) is 45.0 Å². The van der Waals surface area contributed by atoms with Crippen LogP contribution in [0.25, 0.3) is 0 Å². The third kappa shape index (κ3) is 6.82. The van der Waals surface area contributed by atoms with Crippen LogP contribution in [0.4, 0.5) is 4.79 Å². The molecule has 0 radical (unpaired) electrons.